The minimum absolute atomic E-state index is 0.193. The fraction of sp³-hybridized carbons (Fsp3) is 0.200. The minimum atomic E-state index is -0.584. The highest BCUT2D eigenvalue weighted by molar-refractivity contribution is 6.11. The third-order valence-corrected chi connectivity index (χ3v) is 4.36. The van der Waals surface area contributed by atoms with Gasteiger partial charge in [-0.05, 0) is 18.2 Å². The number of aromatic nitrogens is 1. The van der Waals surface area contributed by atoms with E-state index in [2.05, 4.69) is 0 Å². The molecule has 0 spiro atoms. The molecule has 6 heteroatoms. The summed E-state index contributed by atoms with van der Waals surface area (Å²) in [6, 6.07) is 15.9. The molecule has 6 nitrogen and oxygen atoms in total. The first-order chi connectivity index (χ1) is 12.7. The van der Waals surface area contributed by atoms with Crippen LogP contribution in [0.3, 0.4) is 0 Å². The van der Waals surface area contributed by atoms with E-state index in [1.165, 1.54) is 7.11 Å². The number of nitrogens with zero attached hydrogens (tertiary/aromatic N) is 1. The Morgan fingerprint density at radius 3 is 2.46 bits per heavy atom. The molecule has 0 amide bonds. The largest absolute Gasteiger partial charge is 0.465 e. The third-order valence-electron chi connectivity index (χ3n) is 4.36. The zero-order chi connectivity index (χ0) is 18.1. The molecule has 0 radical (unpaired) electrons. The second-order valence-electron chi connectivity index (χ2n) is 5.87. The summed E-state index contributed by atoms with van der Waals surface area (Å²) in [5, 5.41) is 0. The number of ketones is 1. The van der Waals surface area contributed by atoms with Gasteiger partial charge < -0.3 is 18.6 Å². The van der Waals surface area contributed by atoms with Crippen LogP contribution >= 0.6 is 0 Å². The summed E-state index contributed by atoms with van der Waals surface area (Å²) in [4.78, 5) is 25.3. The molecule has 0 bridgehead atoms. The number of rotatable bonds is 4. The Balaban J connectivity index is 1.96. The minimum Gasteiger partial charge on any atom is -0.465 e. The highest BCUT2D eigenvalue weighted by Crippen LogP contribution is 2.29. The molecular weight excluding hydrogens is 334 g/mol. The first kappa shape index (κ1) is 16.5. The maximum absolute atomic E-state index is 13.1. The van der Waals surface area contributed by atoms with Gasteiger partial charge in [-0.1, -0.05) is 36.4 Å². The van der Waals surface area contributed by atoms with Crippen LogP contribution in [0.4, 0.5) is 0 Å². The van der Waals surface area contributed by atoms with Crippen molar-refractivity contribution in [3.63, 3.8) is 0 Å². The van der Waals surface area contributed by atoms with E-state index < -0.39 is 12.3 Å². The number of methoxy groups -OCH3 is 1. The smallest absolute Gasteiger partial charge is 0.340 e. The maximum Gasteiger partial charge on any atom is 0.340 e. The molecular formula is C20H17NO5. The van der Waals surface area contributed by atoms with Gasteiger partial charge in [-0.25, -0.2) is 4.79 Å². The van der Waals surface area contributed by atoms with Crippen LogP contribution in [0.5, 0.6) is 0 Å². The highest BCUT2D eigenvalue weighted by atomic mass is 16.7. The van der Waals surface area contributed by atoms with Gasteiger partial charge in [-0.3, -0.25) is 4.79 Å². The van der Waals surface area contributed by atoms with Crippen LogP contribution in [-0.2, 0) is 14.2 Å². The molecule has 3 aromatic rings. The van der Waals surface area contributed by atoms with E-state index in [1.807, 2.05) is 12.1 Å². The van der Waals surface area contributed by atoms with E-state index in [0.29, 0.717) is 41.2 Å². The fourth-order valence-electron chi connectivity index (χ4n) is 3.17. The summed E-state index contributed by atoms with van der Waals surface area (Å²) in [6.07, 6.45) is -0.584. The van der Waals surface area contributed by atoms with Crippen molar-refractivity contribution < 1.29 is 23.8 Å². The lowest BCUT2D eigenvalue weighted by Gasteiger charge is -2.14. The van der Waals surface area contributed by atoms with Gasteiger partial charge in [0.2, 0.25) is 5.78 Å². The number of pyridine rings is 1. The zero-order valence-corrected chi connectivity index (χ0v) is 14.2. The second-order valence-corrected chi connectivity index (χ2v) is 5.87. The predicted molar refractivity (Wildman–Crippen MR) is 93.3 cm³/mol. The van der Waals surface area contributed by atoms with Crippen molar-refractivity contribution in [2.45, 2.75) is 6.29 Å². The Morgan fingerprint density at radius 1 is 1.04 bits per heavy atom. The molecule has 0 saturated carbocycles. The molecule has 0 N–H and O–H groups in total. The summed E-state index contributed by atoms with van der Waals surface area (Å²) in [6.45, 7) is 0.961. The summed E-state index contributed by atoms with van der Waals surface area (Å²) < 4.78 is 17.8. The monoisotopic (exact) mass is 351 g/mol. The van der Waals surface area contributed by atoms with Crippen LogP contribution in [0.25, 0.3) is 5.52 Å². The molecule has 4 rings (SSSR count). The van der Waals surface area contributed by atoms with E-state index in [9.17, 15) is 9.59 Å². The maximum atomic E-state index is 13.1. The first-order valence-corrected chi connectivity index (χ1v) is 8.26. The van der Waals surface area contributed by atoms with E-state index >= 15 is 0 Å². The molecule has 1 fully saturated rings. The molecule has 2 aromatic heterocycles. The van der Waals surface area contributed by atoms with Crippen LogP contribution in [-0.4, -0.2) is 36.5 Å². The number of hydrogen-bond donors (Lipinski definition) is 0. The van der Waals surface area contributed by atoms with Gasteiger partial charge in [-0.2, -0.15) is 0 Å². The molecule has 26 heavy (non-hydrogen) atoms. The summed E-state index contributed by atoms with van der Waals surface area (Å²) in [7, 11) is 1.32. The number of carbonyl (C=O) groups is 2. The van der Waals surface area contributed by atoms with Gasteiger partial charge in [0.1, 0.15) is 0 Å². The molecule has 132 valence electrons. The van der Waals surface area contributed by atoms with Crippen molar-refractivity contribution in [3.8, 4) is 0 Å². The van der Waals surface area contributed by atoms with Gasteiger partial charge in [0.05, 0.1) is 42.8 Å². The summed E-state index contributed by atoms with van der Waals surface area (Å²) >= 11 is 0. The van der Waals surface area contributed by atoms with Crippen molar-refractivity contribution >= 4 is 17.3 Å². The van der Waals surface area contributed by atoms with Crippen LogP contribution < -0.4 is 0 Å². The topological polar surface area (TPSA) is 66.2 Å². The molecule has 1 aliphatic heterocycles. The van der Waals surface area contributed by atoms with E-state index in [4.69, 9.17) is 14.2 Å². The third kappa shape index (κ3) is 2.69. The lowest BCUT2D eigenvalue weighted by molar-refractivity contribution is -0.0481. The molecule has 0 unspecified atom stereocenters. The highest BCUT2D eigenvalue weighted by Gasteiger charge is 2.27. The molecule has 1 aliphatic rings. The SMILES string of the molecule is COC(=O)c1cc(C(=O)c2ccccc2)n2c(C3OCCO3)cccc12. The lowest BCUT2D eigenvalue weighted by atomic mass is 10.1. The van der Waals surface area contributed by atoms with Crippen molar-refractivity contribution in [2.75, 3.05) is 20.3 Å². The molecule has 3 heterocycles. The average molecular weight is 351 g/mol. The van der Waals surface area contributed by atoms with Crippen molar-refractivity contribution in [3.05, 3.63) is 77.1 Å². The first-order valence-electron chi connectivity index (χ1n) is 8.26. The Bertz CT molecular complexity index is 971. The lowest BCUT2D eigenvalue weighted by Crippen LogP contribution is -2.11. The average Bonchev–Trinajstić information content (AvgIpc) is 3.35. The molecule has 1 aromatic carbocycles. The van der Waals surface area contributed by atoms with Crippen molar-refractivity contribution in [1.29, 1.82) is 0 Å². The van der Waals surface area contributed by atoms with Crippen LogP contribution in [0, 0.1) is 0 Å². The van der Waals surface area contributed by atoms with E-state index in [-0.39, 0.29) is 5.78 Å². The normalized spacial score (nSPS) is 14.7. The van der Waals surface area contributed by atoms with Crippen LogP contribution in [0.1, 0.15) is 38.4 Å². The fourth-order valence-corrected chi connectivity index (χ4v) is 3.17. The Kier molecular flexibility index (Phi) is 4.28. The number of fused-ring (bicyclic) bond motifs is 1. The molecule has 1 saturated heterocycles. The van der Waals surface area contributed by atoms with Crippen LogP contribution in [0.2, 0.25) is 0 Å². The van der Waals surface area contributed by atoms with Crippen LogP contribution in [0.15, 0.2) is 54.6 Å². The Hall–Kier alpha value is -2.96. The summed E-state index contributed by atoms with van der Waals surface area (Å²) in [5.74, 6) is -0.693. The van der Waals surface area contributed by atoms with E-state index in [0.717, 1.165) is 0 Å². The zero-order valence-electron chi connectivity index (χ0n) is 14.2. The quantitative estimate of drug-likeness (QED) is 0.534. The number of ether oxygens (including phenoxy) is 3. The summed E-state index contributed by atoms with van der Waals surface area (Å²) in [5.41, 5.74) is 2.46. The number of esters is 1. The van der Waals surface area contributed by atoms with Gasteiger partial charge in [0.15, 0.2) is 6.29 Å². The number of benzene rings is 1. The second kappa shape index (κ2) is 6.74. The van der Waals surface area contributed by atoms with Crippen molar-refractivity contribution in [2.24, 2.45) is 0 Å². The van der Waals surface area contributed by atoms with E-state index in [1.54, 1.807) is 46.9 Å². The van der Waals surface area contributed by atoms with Gasteiger partial charge >= 0.3 is 5.97 Å². The Labute approximate surface area is 149 Å². The predicted octanol–water partition coefficient (Wildman–Crippen LogP) is 3.00. The molecule has 0 atom stereocenters. The van der Waals surface area contributed by atoms with Gasteiger partial charge in [0, 0.05) is 5.56 Å². The Morgan fingerprint density at radius 2 is 1.77 bits per heavy atom. The van der Waals surface area contributed by atoms with Gasteiger partial charge in [-0.15, -0.1) is 0 Å². The number of carbonyl (C=O) groups excluding carboxylic acids is 2. The standard InChI is InChI=1S/C20H17NO5/c1-24-19(23)14-12-17(18(22)13-6-3-2-4-7-13)21-15(14)8-5-9-16(21)20-25-10-11-26-20/h2-9,12,20H,10-11H2,1H3. The van der Waals surface area contributed by atoms with Gasteiger partial charge in [0.25, 0.3) is 0 Å². The van der Waals surface area contributed by atoms with Crippen molar-refractivity contribution in [1.82, 2.24) is 4.40 Å². The molecule has 0 aliphatic carbocycles. The number of hydrogen-bond acceptors (Lipinski definition) is 5.